The predicted octanol–water partition coefficient (Wildman–Crippen LogP) is 3.16. The molecule has 128 valence electrons. The number of hydrogen-bond donors (Lipinski definition) is 2. The Morgan fingerprint density at radius 1 is 1.00 bits per heavy atom. The Hall–Kier alpha value is 0.247. The molecule has 0 aliphatic carbocycles. The van der Waals surface area contributed by atoms with Crippen LogP contribution in [0.5, 0.6) is 0 Å². The fourth-order valence-electron chi connectivity index (χ4n) is 1.82. The zero-order valence-electron chi connectivity index (χ0n) is 13.7. The molecule has 0 aromatic rings. The summed E-state index contributed by atoms with van der Waals surface area (Å²) in [7, 11) is -7.14. The molecular weight excluding hydrogens is 311 g/mol. The molecule has 0 aliphatic rings. The van der Waals surface area contributed by atoms with Crippen molar-refractivity contribution in [1.82, 2.24) is 0 Å². The van der Waals surface area contributed by atoms with Crippen molar-refractivity contribution in [2.75, 3.05) is 19.4 Å². The Labute approximate surface area is 129 Å². The van der Waals surface area contributed by atoms with E-state index in [1.54, 1.807) is 0 Å². The normalized spacial score (nSPS) is 13.1. The second-order valence-corrected chi connectivity index (χ2v) is 9.53. The molecule has 0 aromatic carbocycles. The molecule has 0 saturated heterocycles. The van der Waals surface area contributed by atoms with Crippen LogP contribution in [0.15, 0.2) is 0 Å². The van der Waals surface area contributed by atoms with Crippen molar-refractivity contribution in [3.05, 3.63) is 0 Å². The first-order valence-electron chi connectivity index (χ1n) is 7.82. The third-order valence-electron chi connectivity index (χ3n) is 3.02. The molecular formula is C13H31O6PSi. The topological polar surface area (TPSA) is 85.2 Å². The molecule has 0 rings (SSSR count). The Morgan fingerprint density at radius 2 is 1.48 bits per heavy atom. The second kappa shape index (κ2) is 10.9. The van der Waals surface area contributed by atoms with Gasteiger partial charge in [0.05, 0.1) is 6.16 Å². The molecule has 0 saturated carbocycles. The van der Waals surface area contributed by atoms with Crippen LogP contribution in [0.1, 0.15) is 53.4 Å². The van der Waals surface area contributed by atoms with E-state index in [1.165, 1.54) is 0 Å². The molecule has 2 N–H and O–H groups in total. The monoisotopic (exact) mass is 342 g/mol. The van der Waals surface area contributed by atoms with E-state index in [4.69, 9.17) is 23.1 Å². The van der Waals surface area contributed by atoms with Gasteiger partial charge in [0.1, 0.15) is 0 Å². The first-order chi connectivity index (χ1) is 9.82. The minimum atomic E-state index is -4.09. The minimum Gasteiger partial charge on any atom is -0.373 e. The van der Waals surface area contributed by atoms with Crippen LogP contribution in [0.2, 0.25) is 6.04 Å². The van der Waals surface area contributed by atoms with Crippen molar-refractivity contribution in [2.45, 2.75) is 65.5 Å². The van der Waals surface area contributed by atoms with E-state index in [-0.39, 0.29) is 18.3 Å². The van der Waals surface area contributed by atoms with Gasteiger partial charge in [-0.3, -0.25) is 4.57 Å². The van der Waals surface area contributed by atoms with Gasteiger partial charge in [-0.15, -0.1) is 0 Å². The van der Waals surface area contributed by atoms with Gasteiger partial charge in [0.2, 0.25) is 0 Å². The summed E-state index contributed by atoms with van der Waals surface area (Å²) in [4.78, 5) is 18.3. The summed E-state index contributed by atoms with van der Waals surface area (Å²) >= 11 is 0. The summed E-state index contributed by atoms with van der Waals surface area (Å²) in [5.74, 6) is 0. The Morgan fingerprint density at radius 3 is 1.81 bits per heavy atom. The molecule has 0 fully saturated rings. The van der Waals surface area contributed by atoms with Crippen molar-refractivity contribution in [3.63, 3.8) is 0 Å². The van der Waals surface area contributed by atoms with Crippen LogP contribution in [0, 0.1) is 0 Å². The van der Waals surface area contributed by atoms with E-state index < -0.39 is 16.4 Å². The number of hydrogen-bond acceptors (Lipinski definition) is 4. The lowest BCUT2D eigenvalue weighted by Crippen LogP contribution is -2.49. The van der Waals surface area contributed by atoms with Gasteiger partial charge in [-0.05, 0) is 25.7 Å². The van der Waals surface area contributed by atoms with E-state index in [0.29, 0.717) is 13.2 Å². The van der Waals surface area contributed by atoms with Gasteiger partial charge < -0.3 is 23.1 Å². The number of rotatable bonds is 13. The Balaban J connectivity index is 5.03. The maximum atomic E-state index is 11.2. The zero-order chi connectivity index (χ0) is 16.4. The lowest BCUT2D eigenvalue weighted by Gasteiger charge is -2.33. The summed E-state index contributed by atoms with van der Waals surface area (Å²) in [5.41, 5.74) is 0. The molecule has 0 unspecified atom stereocenters. The molecule has 6 nitrogen and oxygen atoms in total. The molecule has 0 spiro atoms. The SMILES string of the molecule is CCCO[Si](CCP(=O)(O)O)(OCCC)OC(CC)CC. The van der Waals surface area contributed by atoms with Crippen molar-refractivity contribution in [2.24, 2.45) is 0 Å². The average molecular weight is 342 g/mol. The summed E-state index contributed by atoms with van der Waals surface area (Å²) in [6.45, 7) is 8.98. The zero-order valence-corrected chi connectivity index (χ0v) is 15.6. The molecule has 21 heavy (non-hydrogen) atoms. The predicted molar refractivity (Wildman–Crippen MR) is 85.4 cm³/mol. The largest absolute Gasteiger partial charge is 0.501 e. The highest BCUT2D eigenvalue weighted by Gasteiger charge is 2.44. The smallest absolute Gasteiger partial charge is 0.373 e. The summed E-state index contributed by atoms with van der Waals surface area (Å²) in [5, 5.41) is 0. The first kappa shape index (κ1) is 21.2. The standard InChI is InChI=1S/C13H31O6PSi/c1-5-9-17-21(18-10-6-2,12-11-20(14,15)16)19-13(7-3)8-4/h13H,5-12H2,1-4H3,(H2,14,15,16). The molecule has 8 heteroatoms. The highest BCUT2D eigenvalue weighted by atomic mass is 31.2. The maximum Gasteiger partial charge on any atom is 0.501 e. The summed E-state index contributed by atoms with van der Waals surface area (Å²) in [6, 6.07) is 0.160. The third kappa shape index (κ3) is 9.79. The Bertz CT molecular complexity index is 297. The highest BCUT2D eigenvalue weighted by molar-refractivity contribution is 7.51. The van der Waals surface area contributed by atoms with Gasteiger partial charge in [0.25, 0.3) is 0 Å². The van der Waals surface area contributed by atoms with Crippen LogP contribution in [0.3, 0.4) is 0 Å². The minimum absolute atomic E-state index is 0.00199. The van der Waals surface area contributed by atoms with Crippen molar-refractivity contribution < 1.29 is 27.6 Å². The van der Waals surface area contributed by atoms with Crippen LogP contribution in [-0.2, 0) is 17.8 Å². The average Bonchev–Trinajstić information content (AvgIpc) is 2.45. The van der Waals surface area contributed by atoms with Crippen LogP contribution >= 0.6 is 7.60 Å². The van der Waals surface area contributed by atoms with Crippen LogP contribution in [0.4, 0.5) is 0 Å². The van der Waals surface area contributed by atoms with E-state index in [2.05, 4.69) is 0 Å². The van der Waals surface area contributed by atoms with Gasteiger partial charge in [-0.1, -0.05) is 27.7 Å². The molecule has 0 aromatic heterocycles. The molecule has 0 heterocycles. The van der Waals surface area contributed by atoms with Crippen LogP contribution in [0.25, 0.3) is 0 Å². The van der Waals surface area contributed by atoms with E-state index >= 15 is 0 Å². The second-order valence-electron chi connectivity index (χ2n) is 5.07. The molecule has 0 bridgehead atoms. The van der Waals surface area contributed by atoms with Crippen LogP contribution < -0.4 is 0 Å². The first-order valence-corrected chi connectivity index (χ1v) is 11.6. The fraction of sp³-hybridized carbons (Fsp3) is 1.00. The van der Waals surface area contributed by atoms with Gasteiger partial charge in [0, 0.05) is 25.4 Å². The van der Waals surface area contributed by atoms with Gasteiger partial charge in [-0.2, -0.15) is 0 Å². The van der Waals surface area contributed by atoms with E-state index in [0.717, 1.165) is 25.7 Å². The quantitative estimate of drug-likeness (QED) is 0.395. The van der Waals surface area contributed by atoms with Gasteiger partial charge in [-0.25, -0.2) is 0 Å². The van der Waals surface area contributed by atoms with Gasteiger partial charge in [0.15, 0.2) is 0 Å². The molecule has 0 amide bonds. The van der Waals surface area contributed by atoms with Crippen molar-refractivity contribution >= 4 is 16.4 Å². The van der Waals surface area contributed by atoms with Gasteiger partial charge >= 0.3 is 16.4 Å². The summed E-state index contributed by atoms with van der Waals surface area (Å²) in [6.07, 6.45) is 3.02. The van der Waals surface area contributed by atoms with Crippen LogP contribution in [-0.4, -0.2) is 44.1 Å². The van der Waals surface area contributed by atoms with E-state index in [1.807, 2.05) is 27.7 Å². The third-order valence-corrected chi connectivity index (χ3v) is 7.09. The van der Waals surface area contributed by atoms with E-state index in [9.17, 15) is 4.57 Å². The molecule has 0 aliphatic heterocycles. The van der Waals surface area contributed by atoms with Crippen molar-refractivity contribution in [3.8, 4) is 0 Å². The fourth-order valence-corrected chi connectivity index (χ4v) is 6.58. The van der Waals surface area contributed by atoms with Crippen molar-refractivity contribution in [1.29, 1.82) is 0 Å². The Kier molecular flexibility index (Phi) is 11.0. The lowest BCUT2D eigenvalue weighted by atomic mass is 10.2. The summed E-state index contributed by atoms with van der Waals surface area (Å²) < 4.78 is 29.0. The lowest BCUT2D eigenvalue weighted by molar-refractivity contribution is 0.0246. The highest BCUT2D eigenvalue weighted by Crippen LogP contribution is 2.38. The molecule has 0 atom stereocenters. The maximum absolute atomic E-state index is 11.2. The molecule has 0 radical (unpaired) electrons.